The number of carboxylic acid groups (broad SMARTS) is 1. The molecule has 0 spiro atoms. The van der Waals surface area contributed by atoms with Gasteiger partial charge in [0.2, 0.25) is 0 Å². The zero-order chi connectivity index (χ0) is 14.0. The van der Waals surface area contributed by atoms with Crippen LogP contribution in [0.4, 0.5) is 5.82 Å². The number of piperazine rings is 1. The summed E-state index contributed by atoms with van der Waals surface area (Å²) in [5.41, 5.74) is 0.182. The second kappa shape index (κ2) is 5.75. The molecule has 0 bridgehead atoms. The summed E-state index contributed by atoms with van der Waals surface area (Å²) in [5, 5.41) is 9.28. The molecule has 2 heterocycles. The molecular formula is C13H18ClN3O2. The average Bonchev–Trinajstić information content (AvgIpc) is 2.38. The molecule has 1 atom stereocenters. The van der Waals surface area contributed by atoms with Crippen molar-refractivity contribution in [2.24, 2.45) is 0 Å². The lowest BCUT2D eigenvalue weighted by Gasteiger charge is -2.39. The van der Waals surface area contributed by atoms with E-state index in [1.807, 2.05) is 0 Å². The molecule has 1 aromatic heterocycles. The monoisotopic (exact) mass is 283 g/mol. The van der Waals surface area contributed by atoms with Crippen LogP contribution in [0.25, 0.3) is 0 Å². The Bertz CT molecular complexity index is 481. The van der Waals surface area contributed by atoms with Crippen LogP contribution in [0.15, 0.2) is 12.1 Å². The number of carbonyl (C=O) groups is 1. The zero-order valence-electron chi connectivity index (χ0n) is 11.1. The first-order valence-electron chi connectivity index (χ1n) is 6.37. The van der Waals surface area contributed by atoms with Crippen LogP contribution in [0.5, 0.6) is 0 Å². The molecule has 1 fully saturated rings. The first-order chi connectivity index (χ1) is 9.01. The third kappa shape index (κ3) is 3.16. The maximum atomic E-state index is 11.0. The topological polar surface area (TPSA) is 56.7 Å². The number of nitrogens with zero attached hydrogens (tertiary/aromatic N) is 3. The maximum absolute atomic E-state index is 11.0. The number of halogens is 1. The van der Waals surface area contributed by atoms with Crippen molar-refractivity contribution in [3.05, 3.63) is 22.8 Å². The molecule has 19 heavy (non-hydrogen) atoms. The molecule has 1 N–H and O–H groups in total. The van der Waals surface area contributed by atoms with Gasteiger partial charge in [-0.3, -0.25) is 4.90 Å². The molecule has 104 valence electrons. The third-order valence-corrected chi connectivity index (χ3v) is 3.79. The van der Waals surface area contributed by atoms with Crippen molar-refractivity contribution >= 4 is 23.4 Å². The fourth-order valence-electron chi connectivity index (χ4n) is 2.36. The highest BCUT2D eigenvalue weighted by Crippen LogP contribution is 2.21. The van der Waals surface area contributed by atoms with Gasteiger partial charge in [-0.05, 0) is 25.6 Å². The molecule has 1 saturated heterocycles. The Kier molecular flexibility index (Phi) is 4.27. The lowest BCUT2D eigenvalue weighted by atomic mass is 10.1. The van der Waals surface area contributed by atoms with Crippen molar-refractivity contribution in [2.45, 2.75) is 19.4 Å². The largest absolute Gasteiger partial charge is 0.478 e. The van der Waals surface area contributed by atoms with Crippen molar-refractivity contribution < 1.29 is 9.90 Å². The van der Waals surface area contributed by atoms with Crippen LogP contribution in [0.1, 0.15) is 23.7 Å². The maximum Gasteiger partial charge on any atom is 0.335 e. The van der Waals surface area contributed by atoms with E-state index in [1.54, 1.807) is 6.07 Å². The molecule has 0 saturated carbocycles. The summed E-state index contributed by atoms with van der Waals surface area (Å²) < 4.78 is 0. The van der Waals surface area contributed by atoms with Crippen LogP contribution in [0, 0.1) is 0 Å². The van der Waals surface area contributed by atoms with Gasteiger partial charge in [0.05, 0.1) is 5.56 Å². The highest BCUT2D eigenvalue weighted by Gasteiger charge is 2.24. The fraction of sp³-hybridized carbons (Fsp3) is 0.538. The number of aromatic nitrogens is 1. The number of pyridine rings is 1. The van der Waals surface area contributed by atoms with E-state index in [0.29, 0.717) is 11.9 Å². The van der Waals surface area contributed by atoms with Crippen LogP contribution >= 0.6 is 11.6 Å². The van der Waals surface area contributed by atoms with Gasteiger partial charge < -0.3 is 10.0 Å². The Morgan fingerprint density at radius 1 is 1.53 bits per heavy atom. The van der Waals surface area contributed by atoms with Gasteiger partial charge in [0.25, 0.3) is 0 Å². The second-order valence-electron chi connectivity index (χ2n) is 4.83. The quantitative estimate of drug-likeness (QED) is 0.860. The predicted octanol–water partition coefficient (Wildman–Crippen LogP) is 1.96. The SMILES string of the molecule is CCC1CN(c2cc(C(=O)O)cc(Cl)n2)CCN1C. The van der Waals surface area contributed by atoms with E-state index in [1.165, 1.54) is 6.07 Å². The van der Waals surface area contributed by atoms with E-state index in [2.05, 4.69) is 28.8 Å². The van der Waals surface area contributed by atoms with E-state index >= 15 is 0 Å². The van der Waals surface area contributed by atoms with Crippen LogP contribution in [0.3, 0.4) is 0 Å². The van der Waals surface area contributed by atoms with Crippen molar-refractivity contribution in [3.8, 4) is 0 Å². The summed E-state index contributed by atoms with van der Waals surface area (Å²) in [6.07, 6.45) is 1.05. The standard InChI is InChI=1S/C13H18ClN3O2/c1-3-10-8-17(5-4-16(10)2)12-7-9(13(18)19)6-11(14)15-12/h6-7,10H,3-5,8H2,1-2H3,(H,18,19). The van der Waals surface area contributed by atoms with E-state index < -0.39 is 5.97 Å². The van der Waals surface area contributed by atoms with Gasteiger partial charge in [0, 0.05) is 25.7 Å². The molecule has 1 unspecified atom stereocenters. The molecular weight excluding hydrogens is 266 g/mol. The van der Waals surface area contributed by atoms with E-state index in [4.69, 9.17) is 16.7 Å². The van der Waals surface area contributed by atoms with Gasteiger partial charge in [-0.1, -0.05) is 18.5 Å². The predicted molar refractivity (Wildman–Crippen MR) is 75.1 cm³/mol. The van der Waals surface area contributed by atoms with E-state index in [9.17, 15) is 4.79 Å². The van der Waals surface area contributed by atoms with Crippen LogP contribution in [-0.4, -0.2) is 53.7 Å². The van der Waals surface area contributed by atoms with Gasteiger partial charge in [0.1, 0.15) is 11.0 Å². The number of hydrogen-bond donors (Lipinski definition) is 1. The van der Waals surface area contributed by atoms with Crippen LogP contribution in [0.2, 0.25) is 5.15 Å². The minimum atomic E-state index is -0.980. The lowest BCUT2D eigenvalue weighted by Crippen LogP contribution is -2.51. The molecule has 0 aromatic carbocycles. The van der Waals surface area contributed by atoms with Gasteiger partial charge in [-0.25, -0.2) is 9.78 Å². The van der Waals surface area contributed by atoms with Gasteiger partial charge in [-0.15, -0.1) is 0 Å². The summed E-state index contributed by atoms with van der Waals surface area (Å²) in [6, 6.07) is 3.43. The highest BCUT2D eigenvalue weighted by molar-refractivity contribution is 6.29. The second-order valence-corrected chi connectivity index (χ2v) is 5.22. The first-order valence-corrected chi connectivity index (χ1v) is 6.75. The molecule has 0 aliphatic carbocycles. The van der Waals surface area contributed by atoms with E-state index in [-0.39, 0.29) is 10.7 Å². The molecule has 2 rings (SSSR count). The first kappa shape index (κ1) is 14.1. The minimum absolute atomic E-state index is 0.182. The van der Waals surface area contributed by atoms with Crippen molar-refractivity contribution in [3.63, 3.8) is 0 Å². The molecule has 0 amide bonds. The fourth-order valence-corrected chi connectivity index (χ4v) is 2.57. The summed E-state index contributed by atoms with van der Waals surface area (Å²) in [7, 11) is 2.11. The average molecular weight is 284 g/mol. The van der Waals surface area contributed by atoms with Crippen LogP contribution in [-0.2, 0) is 0 Å². The van der Waals surface area contributed by atoms with Gasteiger partial charge >= 0.3 is 5.97 Å². The van der Waals surface area contributed by atoms with E-state index in [0.717, 1.165) is 26.1 Å². The highest BCUT2D eigenvalue weighted by atomic mass is 35.5. The number of anilines is 1. The lowest BCUT2D eigenvalue weighted by molar-refractivity contribution is 0.0696. The Morgan fingerprint density at radius 2 is 2.26 bits per heavy atom. The van der Waals surface area contributed by atoms with Gasteiger partial charge in [-0.2, -0.15) is 0 Å². The Morgan fingerprint density at radius 3 is 2.89 bits per heavy atom. The Hall–Kier alpha value is -1.33. The molecule has 5 nitrogen and oxygen atoms in total. The number of aromatic carboxylic acids is 1. The Balaban J connectivity index is 2.24. The third-order valence-electron chi connectivity index (χ3n) is 3.60. The molecule has 1 aliphatic rings. The molecule has 1 aliphatic heterocycles. The summed E-state index contributed by atoms with van der Waals surface area (Å²) >= 11 is 5.90. The van der Waals surface area contributed by atoms with Crippen molar-refractivity contribution in [1.82, 2.24) is 9.88 Å². The molecule has 0 radical (unpaired) electrons. The van der Waals surface area contributed by atoms with Crippen molar-refractivity contribution in [2.75, 3.05) is 31.6 Å². The van der Waals surface area contributed by atoms with Gasteiger partial charge in [0.15, 0.2) is 0 Å². The summed E-state index contributed by atoms with van der Waals surface area (Å²) in [6.45, 7) is 4.77. The van der Waals surface area contributed by atoms with Crippen LogP contribution < -0.4 is 4.90 Å². The molecule has 1 aromatic rings. The smallest absolute Gasteiger partial charge is 0.335 e. The summed E-state index contributed by atoms with van der Waals surface area (Å²) in [4.78, 5) is 19.7. The van der Waals surface area contributed by atoms with Crippen molar-refractivity contribution in [1.29, 1.82) is 0 Å². The number of likely N-dealkylation sites (N-methyl/N-ethyl adjacent to an activating group) is 1. The number of hydrogen-bond acceptors (Lipinski definition) is 4. The number of carboxylic acids is 1. The summed E-state index contributed by atoms with van der Waals surface area (Å²) in [5.74, 6) is -0.330. The zero-order valence-corrected chi connectivity index (χ0v) is 11.9. The Labute approximate surface area is 117 Å². The number of rotatable bonds is 3. The normalized spacial score (nSPS) is 20.6. The molecule has 6 heteroatoms. The minimum Gasteiger partial charge on any atom is -0.478 e.